The lowest BCUT2D eigenvalue weighted by molar-refractivity contribution is 0.497. The third-order valence-corrected chi connectivity index (χ3v) is 4.44. The average molecular weight is 291 g/mol. The number of unbranched alkanes of at least 4 members (excludes halogenated alkanes) is 1. The lowest BCUT2D eigenvalue weighted by Gasteiger charge is -2.17. The van der Waals surface area contributed by atoms with E-state index in [0.717, 1.165) is 18.3 Å². The summed E-state index contributed by atoms with van der Waals surface area (Å²) in [7, 11) is 2.06. The highest BCUT2D eigenvalue weighted by Crippen LogP contribution is 2.24. The second-order valence-corrected chi connectivity index (χ2v) is 6.67. The van der Waals surface area contributed by atoms with E-state index in [9.17, 15) is 0 Å². The molecule has 20 heavy (non-hydrogen) atoms. The normalized spacial score (nSPS) is 13.0. The van der Waals surface area contributed by atoms with Crippen molar-refractivity contribution < 1.29 is 0 Å². The van der Waals surface area contributed by atoms with Crippen LogP contribution in [0.2, 0.25) is 0 Å². The van der Waals surface area contributed by atoms with Gasteiger partial charge < -0.3 is 9.88 Å². The van der Waals surface area contributed by atoms with Crippen molar-refractivity contribution in [1.82, 2.24) is 14.9 Å². The van der Waals surface area contributed by atoms with Gasteiger partial charge in [0.2, 0.25) is 0 Å². The molecule has 0 aliphatic carbocycles. The van der Waals surface area contributed by atoms with Gasteiger partial charge in [0, 0.05) is 24.3 Å². The highest BCUT2D eigenvalue weighted by molar-refractivity contribution is 7.10. The van der Waals surface area contributed by atoms with Gasteiger partial charge in [0.15, 0.2) is 0 Å². The topological polar surface area (TPSA) is 29.9 Å². The second kappa shape index (κ2) is 7.60. The Hall–Kier alpha value is -1.13. The van der Waals surface area contributed by atoms with Crippen LogP contribution in [-0.4, -0.2) is 16.1 Å². The molecule has 0 aromatic carbocycles. The number of nitrogens with one attached hydrogen (secondary N) is 1. The molecule has 2 heterocycles. The Labute approximate surface area is 126 Å². The number of nitrogens with zero attached hydrogens (tertiary/aromatic N) is 2. The van der Waals surface area contributed by atoms with E-state index in [4.69, 9.17) is 0 Å². The Morgan fingerprint density at radius 2 is 2.20 bits per heavy atom. The first-order valence-corrected chi connectivity index (χ1v) is 8.30. The lowest BCUT2D eigenvalue weighted by Crippen LogP contribution is -2.25. The van der Waals surface area contributed by atoms with Gasteiger partial charge in [-0.05, 0) is 30.3 Å². The Morgan fingerprint density at radius 3 is 2.80 bits per heavy atom. The summed E-state index contributed by atoms with van der Waals surface area (Å²) in [6.45, 7) is 5.62. The summed E-state index contributed by atoms with van der Waals surface area (Å²) in [6, 6.07) is 4.51. The lowest BCUT2D eigenvalue weighted by atomic mass is 10.1. The minimum Gasteiger partial charge on any atom is -0.336 e. The van der Waals surface area contributed by atoms with E-state index < -0.39 is 0 Å². The van der Waals surface area contributed by atoms with Crippen molar-refractivity contribution in [3.05, 3.63) is 40.6 Å². The number of imidazole rings is 1. The standard InChI is InChI=1S/C16H25N3S/c1-13(2)7-4-5-9-17-15(14-8-6-12-20-14)16-18-10-11-19(16)3/h6,8,10-13,15,17H,4-5,7,9H2,1-3H3. The molecule has 4 heteroatoms. The summed E-state index contributed by atoms with van der Waals surface area (Å²) in [4.78, 5) is 5.84. The van der Waals surface area contributed by atoms with Crippen LogP contribution in [0.5, 0.6) is 0 Å². The molecule has 1 N–H and O–H groups in total. The van der Waals surface area contributed by atoms with Crippen molar-refractivity contribution in [1.29, 1.82) is 0 Å². The predicted molar refractivity (Wildman–Crippen MR) is 86.1 cm³/mol. The smallest absolute Gasteiger partial charge is 0.131 e. The summed E-state index contributed by atoms with van der Waals surface area (Å²) in [6.07, 6.45) is 7.72. The molecule has 0 radical (unpaired) electrons. The third-order valence-electron chi connectivity index (χ3n) is 3.50. The minimum absolute atomic E-state index is 0.217. The van der Waals surface area contributed by atoms with E-state index in [2.05, 4.69) is 53.3 Å². The van der Waals surface area contributed by atoms with Crippen LogP contribution in [0.25, 0.3) is 0 Å². The van der Waals surface area contributed by atoms with E-state index in [-0.39, 0.29) is 6.04 Å². The number of hydrogen-bond acceptors (Lipinski definition) is 3. The van der Waals surface area contributed by atoms with Crippen LogP contribution >= 0.6 is 11.3 Å². The van der Waals surface area contributed by atoms with Crippen molar-refractivity contribution in [2.24, 2.45) is 13.0 Å². The summed E-state index contributed by atoms with van der Waals surface area (Å²) < 4.78 is 2.10. The van der Waals surface area contributed by atoms with Gasteiger partial charge in [0.25, 0.3) is 0 Å². The molecular weight excluding hydrogens is 266 g/mol. The van der Waals surface area contributed by atoms with E-state index in [1.807, 2.05) is 12.4 Å². The van der Waals surface area contributed by atoms with Gasteiger partial charge in [-0.1, -0.05) is 32.8 Å². The number of aromatic nitrogens is 2. The van der Waals surface area contributed by atoms with Crippen LogP contribution < -0.4 is 5.32 Å². The molecule has 0 saturated heterocycles. The maximum absolute atomic E-state index is 4.51. The Balaban J connectivity index is 1.93. The van der Waals surface area contributed by atoms with Gasteiger partial charge in [-0.2, -0.15) is 0 Å². The van der Waals surface area contributed by atoms with Gasteiger partial charge in [-0.15, -0.1) is 11.3 Å². The van der Waals surface area contributed by atoms with Crippen LogP contribution in [0.3, 0.4) is 0 Å². The Morgan fingerprint density at radius 1 is 1.35 bits per heavy atom. The van der Waals surface area contributed by atoms with Crippen LogP contribution in [0, 0.1) is 5.92 Å². The zero-order valence-corrected chi connectivity index (χ0v) is 13.5. The highest BCUT2D eigenvalue weighted by atomic mass is 32.1. The van der Waals surface area contributed by atoms with Crippen molar-refractivity contribution in [2.45, 2.75) is 39.2 Å². The van der Waals surface area contributed by atoms with Crippen molar-refractivity contribution in [3.8, 4) is 0 Å². The minimum atomic E-state index is 0.217. The fourth-order valence-corrected chi connectivity index (χ4v) is 3.15. The van der Waals surface area contributed by atoms with Crippen LogP contribution in [0.15, 0.2) is 29.9 Å². The molecule has 1 atom stereocenters. The SMILES string of the molecule is CC(C)CCCCNC(c1cccs1)c1nccn1C. The molecule has 0 aliphatic heterocycles. The zero-order valence-electron chi connectivity index (χ0n) is 12.7. The summed E-state index contributed by atoms with van der Waals surface area (Å²) >= 11 is 1.79. The molecule has 3 nitrogen and oxygen atoms in total. The monoisotopic (exact) mass is 291 g/mol. The van der Waals surface area contributed by atoms with Gasteiger partial charge >= 0.3 is 0 Å². The second-order valence-electron chi connectivity index (χ2n) is 5.69. The molecular formula is C16H25N3S. The fraction of sp³-hybridized carbons (Fsp3) is 0.562. The fourth-order valence-electron chi connectivity index (χ4n) is 2.35. The summed E-state index contributed by atoms with van der Waals surface area (Å²) in [5, 5.41) is 5.80. The molecule has 0 bridgehead atoms. The van der Waals surface area contributed by atoms with Gasteiger partial charge in [-0.3, -0.25) is 0 Å². The molecule has 0 fully saturated rings. The molecule has 2 aromatic rings. The van der Waals surface area contributed by atoms with E-state index in [1.165, 1.54) is 24.1 Å². The first-order valence-electron chi connectivity index (χ1n) is 7.42. The van der Waals surface area contributed by atoms with E-state index in [1.54, 1.807) is 11.3 Å². The molecule has 0 aliphatic rings. The van der Waals surface area contributed by atoms with E-state index in [0.29, 0.717) is 0 Å². The molecule has 0 amide bonds. The van der Waals surface area contributed by atoms with Crippen molar-refractivity contribution in [3.63, 3.8) is 0 Å². The van der Waals surface area contributed by atoms with Gasteiger partial charge in [-0.25, -0.2) is 4.98 Å². The van der Waals surface area contributed by atoms with Crippen LogP contribution in [-0.2, 0) is 7.05 Å². The largest absolute Gasteiger partial charge is 0.336 e. The van der Waals surface area contributed by atoms with Gasteiger partial charge in [0.1, 0.15) is 11.9 Å². The summed E-state index contributed by atoms with van der Waals surface area (Å²) in [5.41, 5.74) is 0. The molecule has 110 valence electrons. The summed E-state index contributed by atoms with van der Waals surface area (Å²) in [5.74, 6) is 1.90. The first kappa shape index (κ1) is 15.3. The number of hydrogen-bond donors (Lipinski definition) is 1. The quantitative estimate of drug-likeness (QED) is 0.745. The number of thiophene rings is 1. The predicted octanol–water partition coefficient (Wildman–Crippen LogP) is 3.99. The third kappa shape index (κ3) is 4.18. The first-order chi connectivity index (χ1) is 9.68. The zero-order chi connectivity index (χ0) is 14.4. The maximum atomic E-state index is 4.51. The molecule has 0 saturated carbocycles. The number of rotatable bonds is 8. The van der Waals surface area contributed by atoms with E-state index >= 15 is 0 Å². The van der Waals surface area contributed by atoms with Gasteiger partial charge in [0.05, 0.1) is 0 Å². The highest BCUT2D eigenvalue weighted by Gasteiger charge is 2.18. The van der Waals surface area contributed by atoms with Crippen LogP contribution in [0.1, 0.15) is 49.9 Å². The van der Waals surface area contributed by atoms with Crippen molar-refractivity contribution >= 4 is 11.3 Å². The maximum Gasteiger partial charge on any atom is 0.131 e. The molecule has 1 unspecified atom stereocenters. The number of aryl methyl sites for hydroxylation is 1. The average Bonchev–Trinajstić information content (AvgIpc) is 3.05. The molecule has 0 spiro atoms. The van der Waals surface area contributed by atoms with Crippen LogP contribution in [0.4, 0.5) is 0 Å². The Bertz CT molecular complexity index is 488. The molecule has 2 aromatic heterocycles. The Kier molecular flexibility index (Phi) is 5.80. The molecule has 2 rings (SSSR count). The van der Waals surface area contributed by atoms with Crippen molar-refractivity contribution in [2.75, 3.05) is 6.54 Å².